The van der Waals surface area contributed by atoms with Crippen molar-refractivity contribution in [3.8, 4) is 0 Å². The molecule has 1 aromatic carbocycles. The van der Waals surface area contributed by atoms with E-state index in [1.807, 2.05) is 36.4 Å². The first-order chi connectivity index (χ1) is 10.7. The summed E-state index contributed by atoms with van der Waals surface area (Å²) >= 11 is 15.4. The Morgan fingerprint density at radius 2 is 1.91 bits per heavy atom. The lowest BCUT2D eigenvalue weighted by Gasteiger charge is -2.14. The summed E-state index contributed by atoms with van der Waals surface area (Å²) in [5, 5.41) is 4.95. The van der Waals surface area contributed by atoms with Gasteiger partial charge in [0.25, 0.3) is 5.82 Å². The van der Waals surface area contributed by atoms with Crippen LogP contribution in [0.4, 0.5) is 5.82 Å². The van der Waals surface area contributed by atoms with E-state index in [2.05, 4.69) is 15.3 Å². The van der Waals surface area contributed by atoms with E-state index in [9.17, 15) is 0 Å². The fraction of sp³-hybridized carbons (Fsp3) is 0.200. The van der Waals surface area contributed by atoms with Crippen LogP contribution in [0.2, 0.25) is 10.0 Å². The summed E-state index contributed by atoms with van der Waals surface area (Å²) in [7, 11) is 0. The molecule has 0 unspecified atom stereocenters. The van der Waals surface area contributed by atoms with E-state index in [1.54, 1.807) is 29.7 Å². The Morgan fingerprint density at radius 3 is 2.55 bits per heavy atom. The first-order valence-electron chi connectivity index (χ1n) is 6.74. The van der Waals surface area contributed by atoms with Gasteiger partial charge in [-0.15, -0.1) is 0 Å². The molecule has 1 atom stereocenters. The Bertz CT molecular complexity index is 659. The highest BCUT2D eigenvalue weighted by atomic mass is 35.5. The van der Waals surface area contributed by atoms with Crippen molar-refractivity contribution in [3.05, 3.63) is 58.2 Å². The van der Waals surface area contributed by atoms with Crippen molar-refractivity contribution in [1.29, 1.82) is 0 Å². The number of rotatable bonds is 4. The van der Waals surface area contributed by atoms with Gasteiger partial charge >= 0.3 is 0 Å². The normalized spacial score (nSPS) is 15.5. The first-order valence-corrected chi connectivity index (χ1v) is 9.36. The van der Waals surface area contributed by atoms with Gasteiger partial charge in [0.1, 0.15) is 10.6 Å². The molecular formula is C15H14Cl2N3S2+. The van der Waals surface area contributed by atoms with Gasteiger partial charge in [0, 0.05) is 22.4 Å². The van der Waals surface area contributed by atoms with Gasteiger partial charge in [-0.3, -0.25) is 10.3 Å². The van der Waals surface area contributed by atoms with Gasteiger partial charge in [0.15, 0.2) is 5.37 Å². The Kier molecular flexibility index (Phi) is 5.52. The number of nitrogens with zero attached hydrogens (tertiary/aromatic N) is 1. The van der Waals surface area contributed by atoms with Gasteiger partial charge in [-0.05, 0) is 30.0 Å². The maximum Gasteiger partial charge on any atom is 0.273 e. The van der Waals surface area contributed by atoms with E-state index in [4.69, 9.17) is 23.2 Å². The van der Waals surface area contributed by atoms with Gasteiger partial charge in [-0.25, -0.2) is 4.98 Å². The lowest BCUT2D eigenvalue weighted by molar-refractivity contribution is -0.361. The third kappa shape index (κ3) is 4.32. The zero-order valence-electron chi connectivity index (χ0n) is 11.6. The van der Waals surface area contributed by atoms with Gasteiger partial charge in [0.2, 0.25) is 0 Å². The topological polar surface area (TPSA) is 38.5 Å². The van der Waals surface area contributed by atoms with Gasteiger partial charge in [0.05, 0.1) is 11.6 Å². The van der Waals surface area contributed by atoms with Crippen molar-refractivity contribution < 1.29 is 4.98 Å². The quantitative estimate of drug-likeness (QED) is 0.788. The molecule has 0 spiro atoms. The molecule has 2 N–H and O–H groups in total. The predicted molar refractivity (Wildman–Crippen MR) is 98.2 cm³/mol. The number of aromatic nitrogens is 1. The first kappa shape index (κ1) is 16.0. The highest BCUT2D eigenvalue weighted by Crippen LogP contribution is 2.36. The number of benzene rings is 1. The number of anilines is 1. The van der Waals surface area contributed by atoms with E-state index < -0.39 is 0 Å². The SMILES string of the molecule is Clc1ccc([C@@H](Nc2ccc(Cl)c[nH+]2)SC2=NCCS2)cc1. The minimum atomic E-state index is 0.0547. The van der Waals surface area contributed by atoms with Crippen LogP contribution in [0.3, 0.4) is 0 Å². The summed E-state index contributed by atoms with van der Waals surface area (Å²) in [6.45, 7) is 0.896. The third-order valence-corrected chi connectivity index (χ3v) is 5.86. The Labute approximate surface area is 147 Å². The summed E-state index contributed by atoms with van der Waals surface area (Å²) in [6, 6.07) is 11.6. The maximum absolute atomic E-state index is 5.99. The fourth-order valence-electron chi connectivity index (χ4n) is 1.94. The van der Waals surface area contributed by atoms with Crippen molar-refractivity contribution in [1.82, 2.24) is 0 Å². The summed E-state index contributed by atoms with van der Waals surface area (Å²) in [6.07, 6.45) is 1.76. The van der Waals surface area contributed by atoms with Crippen LogP contribution < -0.4 is 10.3 Å². The molecule has 2 aromatic rings. The van der Waals surface area contributed by atoms with E-state index in [1.165, 1.54) is 0 Å². The lowest BCUT2D eigenvalue weighted by Crippen LogP contribution is -2.16. The van der Waals surface area contributed by atoms with Crippen LogP contribution in [0.5, 0.6) is 0 Å². The number of aromatic amines is 1. The zero-order chi connectivity index (χ0) is 15.4. The molecule has 0 bridgehead atoms. The Morgan fingerprint density at radius 1 is 1.14 bits per heavy atom. The Balaban J connectivity index is 1.81. The van der Waals surface area contributed by atoms with Crippen LogP contribution in [-0.2, 0) is 0 Å². The number of pyridine rings is 1. The van der Waals surface area contributed by atoms with E-state index in [0.717, 1.165) is 33.1 Å². The number of hydrogen-bond donors (Lipinski definition) is 1. The molecule has 2 heterocycles. The van der Waals surface area contributed by atoms with Crippen molar-refractivity contribution >= 4 is 56.9 Å². The molecule has 0 amide bonds. The second kappa shape index (κ2) is 7.59. The van der Waals surface area contributed by atoms with Crippen molar-refractivity contribution in [3.63, 3.8) is 0 Å². The van der Waals surface area contributed by atoms with E-state index >= 15 is 0 Å². The maximum atomic E-state index is 5.99. The summed E-state index contributed by atoms with van der Waals surface area (Å²) in [5.41, 5.74) is 1.15. The lowest BCUT2D eigenvalue weighted by atomic mass is 10.2. The third-order valence-electron chi connectivity index (χ3n) is 3.01. The smallest absolute Gasteiger partial charge is 0.271 e. The molecule has 0 saturated heterocycles. The molecule has 0 radical (unpaired) electrons. The molecule has 1 aliphatic rings. The number of H-pyrrole nitrogens is 1. The molecular weight excluding hydrogens is 357 g/mol. The summed E-state index contributed by atoms with van der Waals surface area (Å²) in [4.78, 5) is 7.66. The number of thioether (sulfide) groups is 2. The highest BCUT2D eigenvalue weighted by Gasteiger charge is 2.22. The van der Waals surface area contributed by atoms with E-state index in [-0.39, 0.29) is 5.37 Å². The number of halogens is 2. The fourth-order valence-corrected chi connectivity index (χ4v) is 4.38. The van der Waals surface area contributed by atoms with Gasteiger partial charge < -0.3 is 0 Å². The Hall–Kier alpha value is -0.880. The predicted octanol–water partition coefficient (Wildman–Crippen LogP) is 4.75. The number of hydrogen-bond acceptors (Lipinski definition) is 4. The van der Waals surface area contributed by atoms with Crippen LogP contribution in [0.1, 0.15) is 10.9 Å². The molecule has 0 saturated carbocycles. The molecule has 22 heavy (non-hydrogen) atoms. The van der Waals surface area contributed by atoms with E-state index in [0.29, 0.717) is 5.02 Å². The highest BCUT2D eigenvalue weighted by molar-refractivity contribution is 8.39. The second-order valence-electron chi connectivity index (χ2n) is 4.61. The number of nitrogens with one attached hydrogen (secondary N) is 2. The van der Waals surface area contributed by atoms with Crippen LogP contribution >= 0.6 is 46.7 Å². The molecule has 7 heteroatoms. The van der Waals surface area contributed by atoms with Crippen molar-refractivity contribution in [2.75, 3.05) is 17.6 Å². The minimum Gasteiger partial charge on any atom is -0.271 e. The molecule has 3 rings (SSSR count). The van der Waals surface area contributed by atoms with Crippen LogP contribution in [0.25, 0.3) is 0 Å². The molecule has 0 fully saturated rings. The number of aliphatic imine (C=N–C) groups is 1. The van der Waals surface area contributed by atoms with Crippen molar-refractivity contribution in [2.24, 2.45) is 4.99 Å². The second-order valence-corrected chi connectivity index (χ2v) is 7.92. The molecule has 1 aliphatic heterocycles. The summed E-state index contributed by atoms with van der Waals surface area (Å²) < 4.78 is 1.11. The van der Waals surface area contributed by atoms with Gasteiger partial charge in [-0.1, -0.05) is 47.1 Å². The standard InChI is InChI=1S/C15H13Cl2N3S2/c16-11-3-1-10(2-4-11)14(22-15-18-7-8-21-15)20-13-6-5-12(17)9-19-13/h1-6,9,14H,7-8H2,(H,19,20)/p+1/t14-/m0/s1. The monoisotopic (exact) mass is 370 g/mol. The average molecular weight is 371 g/mol. The van der Waals surface area contributed by atoms with Crippen molar-refractivity contribution in [2.45, 2.75) is 5.37 Å². The van der Waals surface area contributed by atoms with Crippen LogP contribution in [0, 0.1) is 0 Å². The minimum absolute atomic E-state index is 0.0547. The molecule has 1 aromatic heterocycles. The molecule has 3 nitrogen and oxygen atoms in total. The van der Waals surface area contributed by atoms with Crippen LogP contribution in [0.15, 0.2) is 47.6 Å². The average Bonchev–Trinajstić information content (AvgIpc) is 3.03. The van der Waals surface area contributed by atoms with Crippen LogP contribution in [-0.4, -0.2) is 16.7 Å². The zero-order valence-corrected chi connectivity index (χ0v) is 14.7. The summed E-state index contributed by atoms with van der Waals surface area (Å²) in [5.74, 6) is 1.96. The molecule has 114 valence electrons. The van der Waals surface area contributed by atoms with Gasteiger partial charge in [-0.2, -0.15) is 0 Å². The largest absolute Gasteiger partial charge is 0.273 e. The molecule has 0 aliphatic carbocycles.